The molecule has 19 heavy (non-hydrogen) atoms. The van der Waals surface area contributed by atoms with Gasteiger partial charge in [0.15, 0.2) is 0 Å². The quantitative estimate of drug-likeness (QED) is 0.671. The third-order valence-electron chi connectivity index (χ3n) is 3.09. The number of H-pyrrole nitrogens is 2. The first-order valence-corrected chi connectivity index (χ1v) is 6.08. The van der Waals surface area contributed by atoms with E-state index in [0.29, 0.717) is 6.42 Å². The molecule has 5 nitrogen and oxygen atoms in total. The summed E-state index contributed by atoms with van der Waals surface area (Å²) < 4.78 is 0. The summed E-state index contributed by atoms with van der Waals surface area (Å²) in [5, 5.41) is 10.6. The molecule has 0 aliphatic carbocycles. The Bertz CT molecular complexity index is 726. The number of hydrogen-bond donors (Lipinski definition) is 3. The number of rotatable bonds is 3. The molecule has 0 saturated carbocycles. The van der Waals surface area contributed by atoms with Crippen molar-refractivity contribution in [1.29, 1.82) is 0 Å². The number of carbonyl (C=O) groups is 1. The van der Waals surface area contributed by atoms with E-state index in [1.54, 1.807) is 6.20 Å². The molecule has 0 bridgehead atoms. The predicted octanol–water partition coefficient (Wildman–Crippen LogP) is 2.38. The van der Waals surface area contributed by atoms with Crippen molar-refractivity contribution >= 4 is 22.5 Å². The van der Waals surface area contributed by atoms with E-state index >= 15 is 0 Å². The number of fused-ring (bicyclic) bond motifs is 1. The van der Waals surface area contributed by atoms with E-state index in [9.17, 15) is 4.79 Å². The largest absolute Gasteiger partial charge is 0.361 e. The second-order valence-electron chi connectivity index (χ2n) is 4.53. The number of benzene rings is 1. The van der Waals surface area contributed by atoms with Crippen LogP contribution >= 0.6 is 0 Å². The van der Waals surface area contributed by atoms with E-state index in [1.807, 2.05) is 37.4 Å². The summed E-state index contributed by atoms with van der Waals surface area (Å²) in [5.41, 5.74) is 3.66. The lowest BCUT2D eigenvalue weighted by Gasteiger charge is -2.04. The monoisotopic (exact) mass is 254 g/mol. The highest BCUT2D eigenvalue weighted by atomic mass is 16.1. The van der Waals surface area contributed by atoms with Crippen molar-refractivity contribution in [2.24, 2.45) is 0 Å². The fourth-order valence-corrected chi connectivity index (χ4v) is 2.07. The third-order valence-corrected chi connectivity index (χ3v) is 3.09. The van der Waals surface area contributed by atoms with Crippen molar-refractivity contribution in [3.8, 4) is 0 Å². The van der Waals surface area contributed by atoms with Crippen molar-refractivity contribution in [2.45, 2.75) is 13.3 Å². The SMILES string of the molecule is Cc1[nH]ncc1NC(=O)Cc1ccc2[nH]ccc2c1. The molecule has 0 fully saturated rings. The first-order valence-electron chi connectivity index (χ1n) is 6.08. The number of aromatic amines is 2. The Morgan fingerprint density at radius 2 is 2.26 bits per heavy atom. The lowest BCUT2D eigenvalue weighted by molar-refractivity contribution is -0.115. The van der Waals surface area contributed by atoms with E-state index in [0.717, 1.165) is 27.8 Å². The maximum Gasteiger partial charge on any atom is 0.228 e. The van der Waals surface area contributed by atoms with Gasteiger partial charge in [0.1, 0.15) is 0 Å². The van der Waals surface area contributed by atoms with Crippen LogP contribution in [0.1, 0.15) is 11.3 Å². The molecule has 0 aliphatic heterocycles. The molecular formula is C14H14N4O. The fraction of sp³-hybridized carbons (Fsp3) is 0.143. The van der Waals surface area contributed by atoms with Crippen molar-refractivity contribution < 1.29 is 4.79 Å². The Balaban J connectivity index is 1.73. The summed E-state index contributed by atoms with van der Waals surface area (Å²) >= 11 is 0. The predicted molar refractivity (Wildman–Crippen MR) is 74.0 cm³/mol. The number of amides is 1. The third kappa shape index (κ3) is 2.35. The Morgan fingerprint density at radius 1 is 1.37 bits per heavy atom. The highest BCUT2D eigenvalue weighted by Gasteiger charge is 2.07. The minimum atomic E-state index is -0.0422. The normalized spacial score (nSPS) is 10.8. The minimum Gasteiger partial charge on any atom is -0.361 e. The number of hydrogen-bond acceptors (Lipinski definition) is 2. The molecule has 0 aliphatic rings. The molecular weight excluding hydrogens is 240 g/mol. The lowest BCUT2D eigenvalue weighted by Crippen LogP contribution is -2.14. The summed E-state index contributed by atoms with van der Waals surface area (Å²) in [6, 6.07) is 7.96. The molecule has 3 aromatic rings. The smallest absolute Gasteiger partial charge is 0.228 e. The minimum absolute atomic E-state index is 0.0422. The first-order chi connectivity index (χ1) is 9.22. The van der Waals surface area contributed by atoms with E-state index in [4.69, 9.17) is 0 Å². The molecule has 0 spiro atoms. The number of anilines is 1. The molecule has 0 saturated heterocycles. The van der Waals surface area contributed by atoms with E-state index < -0.39 is 0 Å². The molecule has 5 heteroatoms. The molecule has 2 aromatic heterocycles. The summed E-state index contributed by atoms with van der Waals surface area (Å²) in [6.45, 7) is 1.87. The number of nitrogens with one attached hydrogen (secondary N) is 3. The van der Waals surface area contributed by atoms with Crippen LogP contribution in [0.25, 0.3) is 10.9 Å². The average molecular weight is 254 g/mol. The maximum atomic E-state index is 11.9. The van der Waals surface area contributed by atoms with Crippen LogP contribution < -0.4 is 5.32 Å². The van der Waals surface area contributed by atoms with Gasteiger partial charge in [0.2, 0.25) is 5.91 Å². The average Bonchev–Trinajstić information content (AvgIpc) is 2.98. The molecule has 96 valence electrons. The van der Waals surface area contributed by atoms with Gasteiger partial charge in [-0.15, -0.1) is 0 Å². The van der Waals surface area contributed by atoms with Gasteiger partial charge >= 0.3 is 0 Å². The zero-order chi connectivity index (χ0) is 13.2. The molecule has 0 unspecified atom stereocenters. The van der Waals surface area contributed by atoms with Gasteiger partial charge in [0, 0.05) is 11.7 Å². The van der Waals surface area contributed by atoms with Crippen LogP contribution in [-0.4, -0.2) is 21.1 Å². The Morgan fingerprint density at radius 3 is 3.05 bits per heavy atom. The number of carbonyl (C=O) groups excluding carboxylic acids is 1. The number of nitrogens with zero attached hydrogens (tertiary/aromatic N) is 1. The Labute approximate surface area is 110 Å². The van der Waals surface area contributed by atoms with Gasteiger partial charge in [-0.25, -0.2) is 0 Å². The van der Waals surface area contributed by atoms with Crippen molar-refractivity contribution in [1.82, 2.24) is 15.2 Å². The van der Waals surface area contributed by atoms with Crippen LogP contribution in [-0.2, 0) is 11.2 Å². The van der Waals surface area contributed by atoms with Crippen LogP contribution in [0.4, 0.5) is 5.69 Å². The molecule has 1 amide bonds. The number of aryl methyl sites for hydroxylation is 1. The summed E-state index contributed by atoms with van der Waals surface area (Å²) in [6.07, 6.45) is 3.86. The van der Waals surface area contributed by atoms with Gasteiger partial charge in [-0.1, -0.05) is 6.07 Å². The second-order valence-corrected chi connectivity index (χ2v) is 4.53. The van der Waals surface area contributed by atoms with Crippen LogP contribution in [0.15, 0.2) is 36.7 Å². The van der Waals surface area contributed by atoms with Crippen LogP contribution in [0.2, 0.25) is 0 Å². The van der Waals surface area contributed by atoms with Gasteiger partial charge in [0.05, 0.1) is 24.0 Å². The standard InChI is InChI=1S/C14H14N4O/c1-9-13(8-16-18-9)17-14(19)7-10-2-3-12-11(6-10)4-5-15-12/h2-6,8,15H,7H2,1H3,(H,16,18)(H,17,19). The molecule has 3 N–H and O–H groups in total. The highest BCUT2D eigenvalue weighted by molar-refractivity contribution is 5.93. The maximum absolute atomic E-state index is 11.9. The Hall–Kier alpha value is -2.56. The summed E-state index contributed by atoms with van der Waals surface area (Å²) in [7, 11) is 0. The van der Waals surface area contributed by atoms with Gasteiger partial charge < -0.3 is 10.3 Å². The van der Waals surface area contributed by atoms with E-state index in [2.05, 4.69) is 20.5 Å². The first kappa shape index (κ1) is 11.5. The van der Waals surface area contributed by atoms with Gasteiger partial charge in [-0.05, 0) is 36.1 Å². The van der Waals surface area contributed by atoms with Crippen LogP contribution in [0, 0.1) is 6.92 Å². The summed E-state index contributed by atoms with van der Waals surface area (Å²) in [4.78, 5) is 15.1. The highest BCUT2D eigenvalue weighted by Crippen LogP contribution is 2.15. The lowest BCUT2D eigenvalue weighted by atomic mass is 10.1. The molecule has 0 atom stereocenters. The summed E-state index contributed by atoms with van der Waals surface area (Å²) in [5.74, 6) is -0.0422. The Kier molecular flexibility index (Phi) is 2.79. The van der Waals surface area contributed by atoms with E-state index in [1.165, 1.54) is 0 Å². The molecule has 1 aromatic carbocycles. The number of aromatic nitrogens is 3. The van der Waals surface area contributed by atoms with Crippen molar-refractivity contribution in [3.05, 3.63) is 47.9 Å². The van der Waals surface area contributed by atoms with Gasteiger partial charge in [-0.2, -0.15) is 5.10 Å². The van der Waals surface area contributed by atoms with Gasteiger partial charge in [0.25, 0.3) is 0 Å². The van der Waals surface area contributed by atoms with Crippen molar-refractivity contribution in [2.75, 3.05) is 5.32 Å². The van der Waals surface area contributed by atoms with E-state index in [-0.39, 0.29) is 5.91 Å². The fourth-order valence-electron chi connectivity index (χ4n) is 2.07. The molecule has 3 rings (SSSR count). The van der Waals surface area contributed by atoms with Crippen LogP contribution in [0.3, 0.4) is 0 Å². The van der Waals surface area contributed by atoms with Crippen molar-refractivity contribution in [3.63, 3.8) is 0 Å². The zero-order valence-corrected chi connectivity index (χ0v) is 10.5. The van der Waals surface area contributed by atoms with Gasteiger partial charge in [-0.3, -0.25) is 9.89 Å². The zero-order valence-electron chi connectivity index (χ0n) is 10.5. The van der Waals surface area contributed by atoms with Crippen LogP contribution in [0.5, 0.6) is 0 Å². The molecule has 0 radical (unpaired) electrons. The topological polar surface area (TPSA) is 73.6 Å². The second kappa shape index (κ2) is 4.61. The molecule has 2 heterocycles.